The minimum Gasteiger partial charge on any atom is -0.466 e. The third-order valence-electron chi connectivity index (χ3n) is 3.46. The number of carbonyl (C=O) groups is 2. The first kappa shape index (κ1) is 26.9. The molecule has 0 radical (unpaired) electrons. The standard InChI is InChI=1S/C18H35O6PS2/c1-5-9-11-13-23-25(26,24-14-12-10-6-2)27-16(18(20)22-8-4)15-17(19)21-7-3/h16H,5-15H2,1-4H3. The minimum absolute atomic E-state index is 0.105. The lowest BCUT2D eigenvalue weighted by molar-refractivity contribution is -0.149. The zero-order valence-electron chi connectivity index (χ0n) is 17.1. The summed E-state index contributed by atoms with van der Waals surface area (Å²) in [5, 5.41) is -0.785. The molecule has 0 fully saturated rings. The van der Waals surface area contributed by atoms with E-state index in [4.69, 9.17) is 30.3 Å². The molecule has 0 saturated heterocycles. The second-order valence-corrected chi connectivity index (χ2v) is 12.3. The summed E-state index contributed by atoms with van der Waals surface area (Å²) in [6.07, 6.45) is 5.90. The van der Waals surface area contributed by atoms with E-state index < -0.39 is 22.9 Å². The van der Waals surface area contributed by atoms with Gasteiger partial charge in [-0.3, -0.25) is 9.59 Å². The molecule has 0 aliphatic heterocycles. The van der Waals surface area contributed by atoms with Crippen LogP contribution in [0.5, 0.6) is 0 Å². The van der Waals surface area contributed by atoms with Gasteiger partial charge in [-0.1, -0.05) is 50.9 Å². The van der Waals surface area contributed by atoms with Crippen molar-refractivity contribution in [2.45, 2.75) is 77.9 Å². The predicted molar refractivity (Wildman–Crippen MR) is 115 cm³/mol. The topological polar surface area (TPSA) is 71.1 Å². The van der Waals surface area contributed by atoms with Crippen molar-refractivity contribution in [3.05, 3.63) is 0 Å². The first-order valence-corrected chi connectivity index (χ1v) is 13.9. The first-order chi connectivity index (χ1) is 12.9. The number of hydrogen-bond donors (Lipinski definition) is 0. The van der Waals surface area contributed by atoms with Crippen molar-refractivity contribution in [3.63, 3.8) is 0 Å². The second-order valence-electron chi connectivity index (χ2n) is 5.88. The maximum atomic E-state index is 12.3. The quantitative estimate of drug-likeness (QED) is 0.172. The Morgan fingerprint density at radius 3 is 1.85 bits per heavy atom. The van der Waals surface area contributed by atoms with Crippen LogP contribution >= 0.6 is 17.1 Å². The highest BCUT2D eigenvalue weighted by Gasteiger charge is 2.33. The molecule has 160 valence electrons. The lowest BCUT2D eigenvalue weighted by Gasteiger charge is -2.25. The maximum Gasteiger partial charge on any atom is 0.320 e. The van der Waals surface area contributed by atoms with Crippen LogP contribution in [0.25, 0.3) is 0 Å². The number of hydrogen-bond acceptors (Lipinski definition) is 8. The van der Waals surface area contributed by atoms with E-state index in [1.165, 1.54) is 0 Å². The molecule has 0 aliphatic carbocycles. The molecule has 0 aliphatic rings. The first-order valence-electron chi connectivity index (χ1n) is 9.82. The molecule has 6 nitrogen and oxygen atoms in total. The Balaban J connectivity index is 5.07. The van der Waals surface area contributed by atoms with Gasteiger partial charge in [0.25, 0.3) is 0 Å². The fourth-order valence-corrected chi connectivity index (χ4v) is 7.27. The SMILES string of the molecule is CCCCCOP(=S)(OCCCCC)SC(CC(=O)OCC)C(=O)OCC. The highest BCUT2D eigenvalue weighted by Crippen LogP contribution is 2.63. The Morgan fingerprint density at radius 1 is 0.889 bits per heavy atom. The summed E-state index contributed by atoms with van der Waals surface area (Å²) >= 11 is 6.78. The van der Waals surface area contributed by atoms with E-state index >= 15 is 0 Å². The maximum absolute atomic E-state index is 12.3. The summed E-state index contributed by atoms with van der Waals surface area (Å²) in [5.74, 6) is -0.944. The largest absolute Gasteiger partial charge is 0.466 e. The van der Waals surface area contributed by atoms with Crippen LogP contribution in [0.3, 0.4) is 0 Å². The number of carbonyl (C=O) groups excluding carboxylic acids is 2. The molecule has 0 aromatic rings. The van der Waals surface area contributed by atoms with Crippen LogP contribution in [0.15, 0.2) is 0 Å². The lowest BCUT2D eigenvalue weighted by Crippen LogP contribution is -2.25. The highest BCUT2D eigenvalue weighted by molar-refractivity contribution is 8.68. The zero-order valence-corrected chi connectivity index (χ0v) is 19.6. The van der Waals surface area contributed by atoms with Crippen molar-refractivity contribution < 1.29 is 28.1 Å². The number of ether oxygens (including phenoxy) is 2. The molecule has 1 atom stereocenters. The van der Waals surface area contributed by atoms with Crippen molar-refractivity contribution in [3.8, 4) is 0 Å². The smallest absolute Gasteiger partial charge is 0.320 e. The summed E-state index contributed by atoms with van der Waals surface area (Å²) < 4.78 is 21.9. The van der Waals surface area contributed by atoms with Gasteiger partial charge in [-0.05, 0) is 38.5 Å². The molecule has 0 bridgehead atoms. The van der Waals surface area contributed by atoms with Gasteiger partial charge < -0.3 is 18.5 Å². The summed E-state index contributed by atoms with van der Waals surface area (Å²) in [4.78, 5) is 24.2. The molecule has 0 amide bonds. The monoisotopic (exact) mass is 442 g/mol. The van der Waals surface area contributed by atoms with Gasteiger partial charge in [-0.2, -0.15) is 0 Å². The van der Waals surface area contributed by atoms with Crippen molar-refractivity contribution in [1.82, 2.24) is 0 Å². The Hall–Kier alpha value is -0.140. The van der Waals surface area contributed by atoms with E-state index in [0.717, 1.165) is 49.9 Å². The Morgan fingerprint density at radius 2 is 1.41 bits per heavy atom. The van der Waals surface area contributed by atoms with Crippen molar-refractivity contribution >= 4 is 40.8 Å². The summed E-state index contributed by atoms with van der Waals surface area (Å²) in [6.45, 7) is 9.14. The van der Waals surface area contributed by atoms with Crippen molar-refractivity contribution in [1.29, 1.82) is 0 Å². The molecule has 0 heterocycles. The Kier molecular flexibility index (Phi) is 16.7. The highest BCUT2D eigenvalue weighted by atomic mass is 32.9. The summed E-state index contributed by atoms with van der Waals surface area (Å²) in [6, 6.07) is 0. The fourth-order valence-electron chi connectivity index (χ4n) is 2.08. The molecular weight excluding hydrogens is 407 g/mol. The fraction of sp³-hybridized carbons (Fsp3) is 0.889. The molecule has 0 N–H and O–H groups in total. The van der Waals surface area contributed by atoms with E-state index in [-0.39, 0.29) is 19.6 Å². The Bertz CT molecular complexity index is 445. The van der Waals surface area contributed by atoms with Gasteiger partial charge >= 0.3 is 11.9 Å². The van der Waals surface area contributed by atoms with Crippen molar-refractivity contribution in [2.75, 3.05) is 26.4 Å². The molecule has 0 aromatic carbocycles. The average molecular weight is 443 g/mol. The van der Waals surface area contributed by atoms with Gasteiger partial charge in [0.2, 0.25) is 5.69 Å². The van der Waals surface area contributed by atoms with Crippen LogP contribution in [0, 0.1) is 0 Å². The van der Waals surface area contributed by atoms with Crippen LogP contribution in [0.4, 0.5) is 0 Å². The normalized spacial score (nSPS) is 12.6. The van der Waals surface area contributed by atoms with Crippen LogP contribution in [-0.2, 0) is 39.9 Å². The van der Waals surface area contributed by atoms with E-state index in [9.17, 15) is 9.59 Å². The molecule has 0 spiro atoms. The molecule has 27 heavy (non-hydrogen) atoms. The van der Waals surface area contributed by atoms with Gasteiger partial charge in [-0.25, -0.2) is 0 Å². The number of rotatable bonds is 17. The number of esters is 2. The molecule has 0 rings (SSSR count). The molecule has 1 unspecified atom stereocenters. The molecule has 0 saturated carbocycles. The van der Waals surface area contributed by atoms with Crippen LogP contribution < -0.4 is 0 Å². The van der Waals surface area contributed by atoms with Crippen LogP contribution in [0.1, 0.15) is 72.6 Å². The van der Waals surface area contributed by atoms with Crippen LogP contribution in [-0.4, -0.2) is 43.6 Å². The molecule has 9 heteroatoms. The van der Waals surface area contributed by atoms with E-state index in [0.29, 0.717) is 13.2 Å². The van der Waals surface area contributed by atoms with Gasteiger partial charge in [0.05, 0.1) is 32.8 Å². The molecular formula is C18H35O6PS2. The van der Waals surface area contributed by atoms with E-state index in [2.05, 4.69) is 13.8 Å². The van der Waals surface area contributed by atoms with Gasteiger partial charge in [0.1, 0.15) is 5.25 Å². The third kappa shape index (κ3) is 13.6. The van der Waals surface area contributed by atoms with Gasteiger partial charge in [0.15, 0.2) is 0 Å². The summed E-state index contributed by atoms with van der Waals surface area (Å²) in [5.41, 5.74) is -2.77. The third-order valence-corrected chi connectivity index (χ3v) is 8.90. The Labute approximate surface area is 173 Å². The minimum atomic E-state index is -2.77. The number of unbranched alkanes of at least 4 members (excludes halogenated alkanes) is 4. The summed E-state index contributed by atoms with van der Waals surface area (Å²) in [7, 11) is 0. The van der Waals surface area contributed by atoms with Gasteiger partial charge in [0, 0.05) is 0 Å². The lowest BCUT2D eigenvalue weighted by atomic mass is 10.3. The molecule has 0 aromatic heterocycles. The van der Waals surface area contributed by atoms with Crippen LogP contribution in [0.2, 0.25) is 0 Å². The zero-order chi connectivity index (χ0) is 20.5. The van der Waals surface area contributed by atoms with E-state index in [1.807, 2.05) is 0 Å². The predicted octanol–water partition coefficient (Wildman–Crippen LogP) is 5.24. The average Bonchev–Trinajstić information content (AvgIpc) is 2.62. The van der Waals surface area contributed by atoms with E-state index in [1.54, 1.807) is 13.8 Å². The second kappa shape index (κ2) is 16.8. The van der Waals surface area contributed by atoms with Gasteiger partial charge in [-0.15, -0.1) is 0 Å². The van der Waals surface area contributed by atoms with Crippen molar-refractivity contribution in [2.24, 2.45) is 0 Å².